The number of hydrogen-bond donors (Lipinski definition) is 2. The topological polar surface area (TPSA) is 195 Å². The quantitative estimate of drug-likeness (QED) is 0.219. The van der Waals surface area contributed by atoms with E-state index in [0.717, 1.165) is 0 Å². The van der Waals surface area contributed by atoms with E-state index in [1.807, 2.05) is 0 Å². The summed E-state index contributed by atoms with van der Waals surface area (Å²) in [6, 6.07) is 0. The number of aryl methyl sites for hydroxylation is 2. The molecular weight excluding hydrogens is 536 g/mol. The summed E-state index contributed by atoms with van der Waals surface area (Å²) >= 11 is 24.8. The molecule has 0 fully saturated rings. The van der Waals surface area contributed by atoms with E-state index in [4.69, 9.17) is 28.3 Å². The molecule has 0 aliphatic rings. The number of nitrogens with zero attached hydrogens (tertiary/aromatic N) is 5. The van der Waals surface area contributed by atoms with Gasteiger partial charge in [0, 0.05) is 0 Å². The lowest BCUT2D eigenvalue weighted by atomic mass is 10.5. The molecular formula is C11H12Cl5N6O7P. The lowest BCUT2D eigenvalue weighted by Gasteiger charge is -1.96. The van der Waals surface area contributed by atoms with Crippen LogP contribution in [-0.2, 0) is 4.57 Å². The van der Waals surface area contributed by atoms with E-state index in [0.29, 0.717) is 5.82 Å². The van der Waals surface area contributed by atoms with E-state index < -0.39 is 37.9 Å². The Kier molecular flexibility index (Phi) is 13.0. The van der Waals surface area contributed by atoms with Gasteiger partial charge in [0.05, 0.1) is 9.85 Å². The zero-order valence-electron chi connectivity index (χ0n) is 14.0. The van der Waals surface area contributed by atoms with E-state index in [-0.39, 0.29) is 23.6 Å². The van der Waals surface area contributed by atoms with Gasteiger partial charge in [-0.05, 0) is 47.6 Å². The molecule has 0 spiro atoms. The molecule has 0 saturated carbocycles. The molecule has 0 atom stereocenters. The van der Waals surface area contributed by atoms with Gasteiger partial charge in [0.25, 0.3) is 5.88 Å². The van der Waals surface area contributed by atoms with Crippen LogP contribution in [0.2, 0.25) is 10.3 Å². The van der Waals surface area contributed by atoms with Crippen LogP contribution in [0.25, 0.3) is 0 Å². The molecule has 2 rings (SSSR count). The Labute approximate surface area is 192 Å². The van der Waals surface area contributed by atoms with Crippen LogP contribution in [0, 0.1) is 34.1 Å². The molecule has 0 amide bonds. The smallest absolute Gasteiger partial charge is 0.395 e. The Morgan fingerprint density at radius 2 is 1.33 bits per heavy atom. The molecule has 19 heteroatoms. The molecule has 0 bridgehead atoms. The van der Waals surface area contributed by atoms with Gasteiger partial charge in [-0.25, -0.2) is 9.97 Å². The number of aromatic hydroxyl groups is 1. The number of nitro groups is 2. The number of aromatic nitrogens is 4. The van der Waals surface area contributed by atoms with Crippen LogP contribution in [-0.4, -0.2) is 34.9 Å². The Morgan fingerprint density at radius 1 is 0.967 bits per heavy atom. The van der Waals surface area contributed by atoms with E-state index in [9.17, 15) is 29.6 Å². The van der Waals surface area contributed by atoms with Crippen molar-refractivity contribution in [3.63, 3.8) is 0 Å². The van der Waals surface area contributed by atoms with Crippen LogP contribution in [0.3, 0.4) is 0 Å². The second kappa shape index (κ2) is 12.8. The van der Waals surface area contributed by atoms with Crippen molar-refractivity contribution < 1.29 is 19.5 Å². The minimum atomic E-state index is -3.22. The third-order valence-electron chi connectivity index (χ3n) is 2.27. The first-order chi connectivity index (χ1) is 13.0. The van der Waals surface area contributed by atoms with Crippen LogP contribution >= 0.6 is 62.1 Å². The maximum absolute atomic E-state index is 10.8. The number of H-pyrrole nitrogens is 1. The van der Waals surface area contributed by atoms with Gasteiger partial charge in [0.1, 0.15) is 11.6 Å². The van der Waals surface area contributed by atoms with Crippen LogP contribution in [0.15, 0.2) is 4.79 Å². The van der Waals surface area contributed by atoms with Gasteiger partial charge in [-0.1, -0.05) is 30.6 Å². The first-order valence-electron chi connectivity index (χ1n) is 6.51. The summed E-state index contributed by atoms with van der Waals surface area (Å²) in [5, 5.41) is 25.6. The van der Waals surface area contributed by atoms with Crippen molar-refractivity contribution in [2.75, 3.05) is 0 Å². The molecule has 0 aliphatic heterocycles. The summed E-state index contributed by atoms with van der Waals surface area (Å²) in [6.07, 6.45) is 0. The highest BCUT2D eigenvalue weighted by Gasteiger charge is 2.21. The minimum absolute atomic E-state index is 0. The highest BCUT2D eigenvalue weighted by molar-refractivity contribution is 8.24. The lowest BCUT2D eigenvalue weighted by molar-refractivity contribution is -0.387. The third-order valence-corrected chi connectivity index (χ3v) is 2.80. The number of hydrogen-bond acceptors (Lipinski definition) is 10. The molecule has 2 aromatic rings. The molecule has 2 N–H and O–H groups in total. The van der Waals surface area contributed by atoms with Crippen molar-refractivity contribution in [1.82, 2.24) is 19.9 Å². The maximum Gasteiger partial charge on any atom is 0.395 e. The van der Waals surface area contributed by atoms with Crippen LogP contribution in [0.5, 0.6) is 5.88 Å². The lowest BCUT2D eigenvalue weighted by Crippen LogP contribution is -2.13. The molecule has 0 saturated heterocycles. The molecule has 30 heavy (non-hydrogen) atoms. The Hall–Kier alpha value is -1.76. The van der Waals surface area contributed by atoms with Gasteiger partial charge in [0.15, 0.2) is 0 Å². The Bertz CT molecular complexity index is 999. The van der Waals surface area contributed by atoms with E-state index in [2.05, 4.69) is 53.7 Å². The average Bonchev–Trinajstić information content (AvgIpc) is 2.42. The number of aromatic amines is 1. The summed E-state index contributed by atoms with van der Waals surface area (Å²) in [5.74, 6) is -0.431. The fourth-order valence-corrected chi connectivity index (χ4v) is 1.99. The second-order valence-electron chi connectivity index (χ2n) is 4.44. The zero-order valence-corrected chi connectivity index (χ0v) is 18.6. The average molecular weight is 548 g/mol. The SMILES string of the molecule is C.Cc1nc(Cl)c([N+](=O)[O-])c(Cl)n1.Cc1nc(O)c([N+](=O)[O-])c(=O)[nH]1.O=P(Cl)(Cl)Cl. The first kappa shape index (κ1) is 30.4. The number of rotatable bonds is 2. The molecule has 0 aliphatic carbocycles. The van der Waals surface area contributed by atoms with Crippen molar-refractivity contribution in [3.05, 3.63) is 52.5 Å². The minimum Gasteiger partial charge on any atom is -0.488 e. The van der Waals surface area contributed by atoms with Gasteiger partial charge in [0.2, 0.25) is 10.3 Å². The predicted molar refractivity (Wildman–Crippen MR) is 113 cm³/mol. The fourth-order valence-electron chi connectivity index (χ4n) is 1.38. The number of nitrogens with one attached hydrogen (secondary N) is 1. The van der Waals surface area contributed by atoms with Crippen molar-refractivity contribution in [2.45, 2.75) is 21.3 Å². The van der Waals surface area contributed by atoms with E-state index in [1.165, 1.54) is 6.92 Å². The molecule has 168 valence electrons. The third kappa shape index (κ3) is 11.4. The van der Waals surface area contributed by atoms with Gasteiger partial charge >= 0.3 is 22.1 Å². The van der Waals surface area contributed by atoms with Crippen molar-refractivity contribution in [1.29, 1.82) is 0 Å². The molecule has 2 aromatic heterocycles. The van der Waals surface area contributed by atoms with E-state index >= 15 is 0 Å². The maximum atomic E-state index is 10.8. The predicted octanol–water partition coefficient (Wildman–Crippen LogP) is 5.14. The van der Waals surface area contributed by atoms with Gasteiger partial charge in [-0.3, -0.25) is 29.6 Å². The number of halogens is 5. The highest BCUT2D eigenvalue weighted by Crippen LogP contribution is 2.61. The normalized spacial score (nSPS) is 9.83. The summed E-state index contributed by atoms with van der Waals surface area (Å²) < 4.78 is 9.51. The monoisotopic (exact) mass is 546 g/mol. The van der Waals surface area contributed by atoms with Gasteiger partial charge < -0.3 is 10.1 Å². The Morgan fingerprint density at radius 3 is 1.63 bits per heavy atom. The summed E-state index contributed by atoms with van der Waals surface area (Å²) in [6.45, 7) is 2.95. The molecule has 0 radical (unpaired) electrons. The second-order valence-corrected chi connectivity index (χ2v) is 11.8. The highest BCUT2D eigenvalue weighted by atomic mass is 36.0. The fraction of sp³-hybridized carbons (Fsp3) is 0.273. The molecule has 13 nitrogen and oxygen atoms in total. The van der Waals surface area contributed by atoms with Gasteiger partial charge in [-0.15, -0.1) is 0 Å². The Balaban J connectivity index is 0. The van der Waals surface area contributed by atoms with E-state index in [1.54, 1.807) is 6.92 Å². The van der Waals surface area contributed by atoms with Gasteiger partial charge in [-0.2, -0.15) is 4.98 Å². The van der Waals surface area contributed by atoms with Crippen molar-refractivity contribution in [3.8, 4) is 5.88 Å². The standard InChI is InChI=1S/C5H3Cl2N3O2.C5H5N3O4.CH4.Cl3OP/c1-2-8-4(6)3(10(11)12)5(7)9-2;1-2-6-4(9)3(8(11)12)5(10)7-2;;1-5(2,3)4/h1H3;1H3,(H2,6,7,9,10);1H4;. The molecule has 0 aromatic carbocycles. The summed E-state index contributed by atoms with van der Waals surface area (Å²) in [5.41, 5.74) is -2.34. The first-order valence-corrected chi connectivity index (χ1v) is 11.7. The molecule has 0 unspecified atom stereocenters. The van der Waals surface area contributed by atoms with Crippen LogP contribution in [0.1, 0.15) is 19.1 Å². The largest absolute Gasteiger partial charge is 0.488 e. The van der Waals surface area contributed by atoms with Crippen LogP contribution < -0.4 is 5.56 Å². The summed E-state index contributed by atoms with van der Waals surface area (Å²) in [7, 11) is 0. The zero-order chi connectivity index (χ0) is 23.1. The van der Waals surface area contributed by atoms with Crippen LogP contribution in [0.4, 0.5) is 11.4 Å². The molecule has 2 heterocycles. The van der Waals surface area contributed by atoms with Crippen molar-refractivity contribution in [2.24, 2.45) is 0 Å². The summed E-state index contributed by atoms with van der Waals surface area (Å²) in [4.78, 5) is 42.1. The van der Waals surface area contributed by atoms with Crippen molar-refractivity contribution >= 4 is 73.5 Å².